The van der Waals surface area contributed by atoms with Crippen LogP contribution in [-0.4, -0.2) is 22.1 Å². The minimum Gasteiger partial charge on any atom is -0.457 e. The summed E-state index contributed by atoms with van der Waals surface area (Å²) in [6.45, 7) is 1.42. The highest BCUT2D eigenvalue weighted by Gasteiger charge is 2.09. The summed E-state index contributed by atoms with van der Waals surface area (Å²) >= 11 is 0. The number of anilines is 1. The summed E-state index contributed by atoms with van der Waals surface area (Å²) in [5.74, 6) is 0.923. The summed E-state index contributed by atoms with van der Waals surface area (Å²) in [5.41, 5.74) is 1.47. The minimum atomic E-state index is -1.05. The average Bonchev–Trinajstić information content (AvgIpc) is 2.57. The molecule has 0 saturated heterocycles. The van der Waals surface area contributed by atoms with Crippen molar-refractivity contribution in [3.8, 4) is 11.5 Å². The number of aromatic nitrogens is 1. The van der Waals surface area contributed by atoms with Crippen molar-refractivity contribution < 1.29 is 14.6 Å². The average molecular weight is 308 g/mol. The Morgan fingerprint density at radius 3 is 2.61 bits per heavy atom. The summed E-state index contributed by atoms with van der Waals surface area (Å²) in [6.07, 6.45) is 0.656. The van der Waals surface area contributed by atoms with E-state index in [0.29, 0.717) is 11.4 Å². The van der Waals surface area contributed by atoms with Gasteiger partial charge in [0.2, 0.25) is 0 Å². The van der Waals surface area contributed by atoms with E-state index in [9.17, 15) is 9.90 Å². The fourth-order valence-electron chi connectivity index (χ4n) is 2.14. The number of fused-ring (bicyclic) bond motifs is 1. The molecule has 5 nitrogen and oxygen atoms in total. The van der Waals surface area contributed by atoms with Crippen molar-refractivity contribution in [2.24, 2.45) is 0 Å². The monoisotopic (exact) mass is 308 g/mol. The summed E-state index contributed by atoms with van der Waals surface area (Å²) in [7, 11) is 0. The van der Waals surface area contributed by atoms with Crippen molar-refractivity contribution in [1.82, 2.24) is 4.98 Å². The van der Waals surface area contributed by atoms with Crippen molar-refractivity contribution in [2.45, 2.75) is 13.0 Å². The lowest BCUT2D eigenvalue weighted by Crippen LogP contribution is -2.24. The van der Waals surface area contributed by atoms with E-state index in [-0.39, 0.29) is 0 Å². The Kier molecular flexibility index (Phi) is 4.21. The molecule has 0 bridgehead atoms. The van der Waals surface area contributed by atoms with Crippen molar-refractivity contribution in [2.75, 3.05) is 5.32 Å². The fraction of sp³-hybridized carbons (Fsp3) is 0.111. The summed E-state index contributed by atoms with van der Waals surface area (Å²) in [4.78, 5) is 15.7. The number of pyridine rings is 1. The first-order valence-electron chi connectivity index (χ1n) is 7.24. The summed E-state index contributed by atoms with van der Waals surface area (Å²) in [5, 5.41) is 12.7. The Hall–Kier alpha value is -2.92. The molecule has 3 rings (SSSR count). The van der Waals surface area contributed by atoms with Gasteiger partial charge in [0.05, 0.1) is 5.52 Å². The van der Waals surface area contributed by atoms with Gasteiger partial charge in [-0.2, -0.15) is 0 Å². The predicted octanol–water partition coefficient (Wildman–Crippen LogP) is 3.35. The molecule has 2 aromatic carbocycles. The van der Waals surface area contributed by atoms with Crippen LogP contribution in [0.3, 0.4) is 0 Å². The first-order valence-corrected chi connectivity index (χ1v) is 7.24. The Morgan fingerprint density at radius 2 is 1.87 bits per heavy atom. The number of aliphatic hydroxyl groups excluding tert-OH is 1. The third kappa shape index (κ3) is 3.46. The van der Waals surface area contributed by atoms with Crippen LogP contribution in [0, 0.1) is 0 Å². The van der Waals surface area contributed by atoms with E-state index in [0.717, 1.165) is 16.7 Å². The number of carbonyl (C=O) groups excluding carboxylic acids is 1. The van der Waals surface area contributed by atoms with Gasteiger partial charge in [-0.1, -0.05) is 12.1 Å². The van der Waals surface area contributed by atoms with E-state index in [4.69, 9.17) is 4.74 Å². The Balaban J connectivity index is 1.79. The normalized spacial score (nSPS) is 11.9. The van der Waals surface area contributed by atoms with Crippen molar-refractivity contribution >= 4 is 22.5 Å². The van der Waals surface area contributed by atoms with Gasteiger partial charge in [0, 0.05) is 17.3 Å². The van der Waals surface area contributed by atoms with Crippen LogP contribution in [0.15, 0.2) is 60.8 Å². The number of carbonyl (C=O) groups is 1. The molecule has 1 aromatic heterocycles. The van der Waals surface area contributed by atoms with E-state index < -0.39 is 12.0 Å². The van der Waals surface area contributed by atoms with Crippen molar-refractivity contribution in [3.63, 3.8) is 0 Å². The highest BCUT2D eigenvalue weighted by molar-refractivity contribution is 5.93. The highest BCUT2D eigenvalue weighted by atomic mass is 16.5. The lowest BCUT2D eigenvalue weighted by atomic mass is 10.2. The lowest BCUT2D eigenvalue weighted by Gasteiger charge is -2.10. The highest BCUT2D eigenvalue weighted by Crippen LogP contribution is 2.29. The Morgan fingerprint density at radius 1 is 1.13 bits per heavy atom. The maximum Gasteiger partial charge on any atom is 0.252 e. The molecule has 116 valence electrons. The van der Waals surface area contributed by atoms with E-state index in [1.165, 1.54) is 6.92 Å². The van der Waals surface area contributed by atoms with Gasteiger partial charge in [0.25, 0.3) is 5.91 Å². The minimum absolute atomic E-state index is 0.446. The zero-order chi connectivity index (χ0) is 16.2. The van der Waals surface area contributed by atoms with Crippen LogP contribution >= 0.6 is 0 Å². The summed E-state index contributed by atoms with van der Waals surface area (Å²) < 4.78 is 5.90. The number of hydrogen-bond acceptors (Lipinski definition) is 4. The number of aliphatic hydroxyl groups is 1. The van der Waals surface area contributed by atoms with Gasteiger partial charge in [-0.25, -0.2) is 0 Å². The number of para-hydroxylation sites is 1. The van der Waals surface area contributed by atoms with Gasteiger partial charge in [0.15, 0.2) is 0 Å². The molecule has 0 aliphatic carbocycles. The zero-order valence-corrected chi connectivity index (χ0v) is 12.6. The van der Waals surface area contributed by atoms with Gasteiger partial charge in [0.1, 0.15) is 17.6 Å². The van der Waals surface area contributed by atoms with Crippen LogP contribution in [0.4, 0.5) is 5.69 Å². The fourth-order valence-corrected chi connectivity index (χ4v) is 2.14. The number of hydrogen-bond donors (Lipinski definition) is 2. The Bertz CT molecular complexity index is 824. The predicted molar refractivity (Wildman–Crippen MR) is 88.6 cm³/mol. The second-order valence-electron chi connectivity index (χ2n) is 5.12. The zero-order valence-electron chi connectivity index (χ0n) is 12.6. The third-order valence-corrected chi connectivity index (χ3v) is 3.34. The maximum atomic E-state index is 11.4. The maximum absolute atomic E-state index is 11.4. The first-order chi connectivity index (χ1) is 11.1. The second-order valence-corrected chi connectivity index (χ2v) is 5.12. The molecule has 1 heterocycles. The number of ether oxygens (including phenoxy) is 1. The SMILES string of the molecule is C[C@H](O)C(=O)Nc1ccc(Oc2ccnc3ccccc23)cc1. The molecule has 1 atom stereocenters. The molecule has 0 radical (unpaired) electrons. The van der Waals surface area contributed by atoms with E-state index in [1.807, 2.05) is 30.3 Å². The summed E-state index contributed by atoms with van der Waals surface area (Å²) in [6, 6.07) is 16.5. The molecule has 0 unspecified atom stereocenters. The lowest BCUT2D eigenvalue weighted by molar-refractivity contribution is -0.123. The molecule has 2 N–H and O–H groups in total. The number of rotatable bonds is 4. The van der Waals surface area contributed by atoms with Gasteiger partial charge in [-0.05, 0) is 49.4 Å². The van der Waals surface area contributed by atoms with Crippen LogP contribution in [0.25, 0.3) is 10.9 Å². The van der Waals surface area contributed by atoms with Gasteiger partial charge in [-0.15, -0.1) is 0 Å². The van der Waals surface area contributed by atoms with Crippen LogP contribution < -0.4 is 10.1 Å². The standard InChI is InChI=1S/C18H16N2O3/c1-12(21)18(22)20-13-6-8-14(9-7-13)23-17-10-11-19-16-5-3-2-4-15(16)17/h2-12,21H,1H3,(H,20,22)/t12-/m0/s1. The quantitative estimate of drug-likeness (QED) is 0.775. The Labute approximate surface area is 133 Å². The molecule has 1 amide bonds. The van der Waals surface area contributed by atoms with Crippen LogP contribution in [-0.2, 0) is 4.79 Å². The molecular weight excluding hydrogens is 292 g/mol. The topological polar surface area (TPSA) is 71.5 Å². The molecule has 3 aromatic rings. The van der Waals surface area contributed by atoms with Crippen LogP contribution in [0.5, 0.6) is 11.5 Å². The molecule has 23 heavy (non-hydrogen) atoms. The molecule has 0 aliphatic rings. The van der Waals surface area contributed by atoms with Gasteiger partial charge < -0.3 is 15.2 Å². The van der Waals surface area contributed by atoms with Gasteiger partial charge in [-0.3, -0.25) is 9.78 Å². The first kappa shape index (κ1) is 15.0. The van der Waals surface area contributed by atoms with E-state index >= 15 is 0 Å². The van der Waals surface area contributed by atoms with Gasteiger partial charge >= 0.3 is 0 Å². The molecule has 0 saturated carbocycles. The molecule has 0 spiro atoms. The number of amides is 1. The smallest absolute Gasteiger partial charge is 0.252 e. The number of benzene rings is 2. The molecule has 0 aliphatic heterocycles. The van der Waals surface area contributed by atoms with Crippen molar-refractivity contribution in [1.29, 1.82) is 0 Å². The van der Waals surface area contributed by atoms with Crippen LogP contribution in [0.1, 0.15) is 6.92 Å². The molecule has 5 heteroatoms. The van der Waals surface area contributed by atoms with Crippen molar-refractivity contribution in [3.05, 3.63) is 60.8 Å². The molecular formula is C18H16N2O3. The third-order valence-electron chi connectivity index (χ3n) is 3.34. The largest absolute Gasteiger partial charge is 0.457 e. The van der Waals surface area contributed by atoms with E-state index in [2.05, 4.69) is 10.3 Å². The number of nitrogens with one attached hydrogen (secondary N) is 1. The van der Waals surface area contributed by atoms with E-state index in [1.54, 1.807) is 30.5 Å². The van der Waals surface area contributed by atoms with Crippen LogP contribution in [0.2, 0.25) is 0 Å². The number of nitrogens with zero attached hydrogens (tertiary/aromatic N) is 1. The molecule has 0 fully saturated rings. The second kappa shape index (κ2) is 6.46.